The van der Waals surface area contributed by atoms with Crippen molar-refractivity contribution in [2.45, 2.75) is 45.1 Å². The van der Waals surface area contributed by atoms with Crippen molar-refractivity contribution >= 4 is 5.91 Å². The number of hydrogen-bond donors (Lipinski definition) is 2. The molecular formula is C10H19NO2. The summed E-state index contributed by atoms with van der Waals surface area (Å²) < 4.78 is 0. The minimum Gasteiger partial charge on any atom is -0.396 e. The molecule has 0 aliphatic heterocycles. The van der Waals surface area contributed by atoms with Crippen molar-refractivity contribution in [2.75, 3.05) is 6.61 Å². The van der Waals surface area contributed by atoms with Crippen molar-refractivity contribution in [3.8, 4) is 0 Å². The zero-order chi connectivity index (χ0) is 9.90. The number of hydrogen-bond acceptors (Lipinski definition) is 2. The van der Waals surface area contributed by atoms with E-state index in [1.807, 2.05) is 13.8 Å². The summed E-state index contributed by atoms with van der Waals surface area (Å²) >= 11 is 0. The Morgan fingerprint density at radius 2 is 2.15 bits per heavy atom. The maximum atomic E-state index is 11.5. The predicted molar refractivity (Wildman–Crippen MR) is 51.3 cm³/mol. The van der Waals surface area contributed by atoms with Crippen LogP contribution in [0.1, 0.15) is 39.5 Å². The number of nitrogens with one attached hydrogen (secondary N) is 1. The minimum absolute atomic E-state index is 0.123. The highest BCUT2D eigenvalue weighted by Crippen LogP contribution is 2.27. The number of aliphatic hydroxyl groups excluding tert-OH is 1. The van der Waals surface area contributed by atoms with E-state index in [1.165, 1.54) is 6.42 Å². The van der Waals surface area contributed by atoms with E-state index in [0.717, 1.165) is 12.8 Å². The zero-order valence-corrected chi connectivity index (χ0v) is 8.47. The number of rotatable bonds is 4. The lowest BCUT2D eigenvalue weighted by Crippen LogP contribution is -2.47. The van der Waals surface area contributed by atoms with Gasteiger partial charge in [-0.2, -0.15) is 0 Å². The Kier molecular flexibility index (Phi) is 3.31. The van der Waals surface area contributed by atoms with Crippen molar-refractivity contribution in [2.24, 2.45) is 5.92 Å². The highest BCUT2D eigenvalue weighted by molar-refractivity contribution is 5.80. The molecule has 0 spiro atoms. The van der Waals surface area contributed by atoms with Gasteiger partial charge in [0.25, 0.3) is 0 Å². The average Bonchev–Trinajstić information content (AvgIpc) is 1.79. The van der Waals surface area contributed by atoms with Gasteiger partial charge in [-0.1, -0.05) is 6.42 Å². The summed E-state index contributed by atoms with van der Waals surface area (Å²) in [5, 5.41) is 11.7. The van der Waals surface area contributed by atoms with Gasteiger partial charge in [-0.15, -0.1) is 0 Å². The van der Waals surface area contributed by atoms with Crippen LogP contribution in [0.15, 0.2) is 0 Å². The maximum Gasteiger partial charge on any atom is 0.223 e. The normalized spacial score (nSPS) is 18.1. The third kappa shape index (κ3) is 2.99. The number of aliphatic hydroxyl groups is 1. The van der Waals surface area contributed by atoms with Crippen LogP contribution >= 0.6 is 0 Å². The van der Waals surface area contributed by atoms with Crippen LogP contribution in [0.3, 0.4) is 0 Å². The van der Waals surface area contributed by atoms with Crippen LogP contribution in [0.2, 0.25) is 0 Å². The zero-order valence-electron chi connectivity index (χ0n) is 8.47. The van der Waals surface area contributed by atoms with Crippen LogP contribution in [0, 0.1) is 5.92 Å². The summed E-state index contributed by atoms with van der Waals surface area (Å²) in [6, 6.07) is 0. The van der Waals surface area contributed by atoms with E-state index < -0.39 is 0 Å². The maximum absolute atomic E-state index is 11.5. The quantitative estimate of drug-likeness (QED) is 0.688. The molecule has 1 aliphatic rings. The number of carbonyl (C=O) groups excluding carboxylic acids is 1. The molecule has 0 atom stereocenters. The Labute approximate surface area is 79.5 Å². The van der Waals surface area contributed by atoms with Crippen molar-refractivity contribution in [3.63, 3.8) is 0 Å². The van der Waals surface area contributed by atoms with Crippen molar-refractivity contribution in [3.05, 3.63) is 0 Å². The van der Waals surface area contributed by atoms with Gasteiger partial charge in [0, 0.05) is 18.1 Å². The lowest BCUT2D eigenvalue weighted by molar-refractivity contribution is -0.129. The summed E-state index contributed by atoms with van der Waals surface area (Å²) in [5.74, 6) is 0.391. The van der Waals surface area contributed by atoms with Gasteiger partial charge in [0.1, 0.15) is 0 Å². The second kappa shape index (κ2) is 4.09. The Morgan fingerprint density at radius 1 is 1.54 bits per heavy atom. The van der Waals surface area contributed by atoms with Crippen molar-refractivity contribution in [1.82, 2.24) is 5.32 Å². The fraction of sp³-hybridized carbons (Fsp3) is 0.900. The molecule has 76 valence electrons. The van der Waals surface area contributed by atoms with Gasteiger partial charge in [-0.25, -0.2) is 0 Å². The summed E-state index contributed by atoms with van der Waals surface area (Å²) in [4.78, 5) is 11.5. The monoisotopic (exact) mass is 185 g/mol. The van der Waals surface area contributed by atoms with E-state index in [2.05, 4.69) is 5.32 Å². The summed E-state index contributed by atoms with van der Waals surface area (Å²) in [7, 11) is 0. The first kappa shape index (κ1) is 10.5. The first-order valence-corrected chi connectivity index (χ1v) is 4.98. The molecule has 2 N–H and O–H groups in total. The van der Waals surface area contributed by atoms with Crippen LogP contribution in [0.5, 0.6) is 0 Å². The van der Waals surface area contributed by atoms with E-state index >= 15 is 0 Å². The summed E-state index contributed by atoms with van der Waals surface area (Å²) in [6.45, 7) is 4.01. The van der Waals surface area contributed by atoms with Crippen LogP contribution in [-0.4, -0.2) is 23.2 Å². The molecule has 0 radical (unpaired) electrons. The molecule has 3 nitrogen and oxygen atoms in total. The van der Waals surface area contributed by atoms with E-state index in [-0.39, 0.29) is 24.0 Å². The van der Waals surface area contributed by atoms with Gasteiger partial charge in [-0.05, 0) is 33.1 Å². The van der Waals surface area contributed by atoms with Gasteiger partial charge < -0.3 is 10.4 Å². The van der Waals surface area contributed by atoms with Crippen LogP contribution < -0.4 is 5.32 Å². The topological polar surface area (TPSA) is 49.3 Å². The number of amides is 1. The lowest BCUT2D eigenvalue weighted by atomic mass is 9.84. The molecular weight excluding hydrogens is 166 g/mol. The molecule has 1 amide bonds. The molecule has 1 rings (SSSR count). The van der Waals surface area contributed by atoms with E-state index in [4.69, 9.17) is 5.11 Å². The molecule has 13 heavy (non-hydrogen) atoms. The molecule has 0 saturated heterocycles. The van der Waals surface area contributed by atoms with Gasteiger partial charge in [-0.3, -0.25) is 4.79 Å². The minimum atomic E-state index is -0.262. The molecule has 0 unspecified atom stereocenters. The third-order valence-corrected chi connectivity index (χ3v) is 2.67. The molecule has 1 aliphatic carbocycles. The van der Waals surface area contributed by atoms with Gasteiger partial charge in [0.05, 0.1) is 0 Å². The molecule has 3 heteroatoms. The smallest absolute Gasteiger partial charge is 0.223 e. The Bertz CT molecular complexity index is 185. The Morgan fingerprint density at radius 3 is 2.54 bits per heavy atom. The van der Waals surface area contributed by atoms with Crippen LogP contribution in [-0.2, 0) is 4.79 Å². The van der Waals surface area contributed by atoms with Crippen LogP contribution in [0.4, 0.5) is 0 Å². The van der Waals surface area contributed by atoms with Gasteiger partial charge in [0.15, 0.2) is 0 Å². The van der Waals surface area contributed by atoms with Crippen LogP contribution in [0.25, 0.3) is 0 Å². The van der Waals surface area contributed by atoms with E-state index in [1.54, 1.807) is 0 Å². The number of carbonyl (C=O) groups is 1. The molecule has 0 aromatic carbocycles. The highest BCUT2D eigenvalue weighted by Gasteiger charge is 2.29. The van der Waals surface area contributed by atoms with Gasteiger partial charge in [0.2, 0.25) is 5.91 Å². The summed E-state index contributed by atoms with van der Waals surface area (Å²) in [5.41, 5.74) is -0.262. The standard InChI is InChI=1S/C10H19NO2/c1-10(2,6-7-12)11-9(13)8-4-3-5-8/h8,12H,3-7H2,1-2H3,(H,11,13). The molecule has 0 aromatic rings. The summed E-state index contributed by atoms with van der Waals surface area (Å²) in [6.07, 6.45) is 3.85. The molecule has 1 fully saturated rings. The van der Waals surface area contributed by atoms with Crippen molar-refractivity contribution in [1.29, 1.82) is 0 Å². The third-order valence-electron chi connectivity index (χ3n) is 2.67. The predicted octanol–water partition coefficient (Wildman–Crippen LogP) is 1.06. The lowest BCUT2D eigenvalue weighted by Gasteiger charge is -2.31. The molecule has 0 heterocycles. The van der Waals surface area contributed by atoms with Gasteiger partial charge >= 0.3 is 0 Å². The largest absolute Gasteiger partial charge is 0.396 e. The fourth-order valence-corrected chi connectivity index (χ4v) is 1.45. The Hall–Kier alpha value is -0.570. The van der Waals surface area contributed by atoms with Crippen molar-refractivity contribution < 1.29 is 9.90 Å². The Balaban J connectivity index is 2.32. The second-order valence-electron chi connectivity index (χ2n) is 4.47. The van der Waals surface area contributed by atoms with E-state index in [0.29, 0.717) is 6.42 Å². The average molecular weight is 185 g/mol. The fourth-order valence-electron chi connectivity index (χ4n) is 1.45. The highest BCUT2D eigenvalue weighted by atomic mass is 16.3. The first-order valence-electron chi connectivity index (χ1n) is 4.98. The first-order chi connectivity index (χ1) is 6.05. The van der Waals surface area contributed by atoms with E-state index in [9.17, 15) is 4.79 Å². The SMILES string of the molecule is CC(C)(CCO)NC(=O)C1CCC1. The molecule has 0 aromatic heterocycles. The second-order valence-corrected chi connectivity index (χ2v) is 4.47. The molecule has 0 bridgehead atoms. The molecule has 1 saturated carbocycles.